The molecule has 0 saturated carbocycles. The third-order valence-corrected chi connectivity index (χ3v) is 7.37. The summed E-state index contributed by atoms with van der Waals surface area (Å²) >= 11 is 0. The molecule has 1 fully saturated rings. The molecule has 0 spiro atoms. The minimum Gasteiger partial charge on any atom is -0.390 e. The van der Waals surface area contributed by atoms with Crippen molar-refractivity contribution in [3.8, 4) is 11.3 Å². The highest BCUT2D eigenvalue weighted by atomic mass is 16.5. The number of H-pyrrole nitrogens is 1. The number of ether oxygens (including phenoxy) is 1. The molecule has 3 atom stereocenters. The van der Waals surface area contributed by atoms with E-state index in [0.717, 1.165) is 16.6 Å². The van der Waals surface area contributed by atoms with E-state index in [1.165, 1.54) is 37.7 Å². The number of hydrogen-bond donors (Lipinski definition) is 2. The van der Waals surface area contributed by atoms with Crippen LogP contribution in [0, 0.1) is 6.92 Å². The smallest absolute Gasteiger partial charge is 0.330 e. The van der Waals surface area contributed by atoms with Gasteiger partial charge in [-0.05, 0) is 39.2 Å². The number of aromatic amines is 1. The second-order valence-electron chi connectivity index (χ2n) is 9.71. The lowest BCUT2D eigenvalue weighted by Gasteiger charge is -2.16. The number of nitrogens with zero attached hydrogens (tertiary/aromatic N) is 4. The Morgan fingerprint density at radius 3 is 2.54 bits per heavy atom. The number of aromatic nitrogens is 5. The second-order valence-corrected chi connectivity index (χ2v) is 9.71. The van der Waals surface area contributed by atoms with Crippen LogP contribution < -0.4 is 11.2 Å². The summed E-state index contributed by atoms with van der Waals surface area (Å²) in [6.07, 6.45) is 1.48. The van der Waals surface area contributed by atoms with Crippen LogP contribution in [0.3, 0.4) is 0 Å². The zero-order chi connectivity index (χ0) is 25.3. The number of benzene rings is 4. The van der Waals surface area contributed by atoms with Gasteiger partial charge in [0, 0.05) is 23.7 Å². The Morgan fingerprint density at radius 2 is 1.73 bits per heavy atom. The molecule has 6 aromatic rings. The number of aliphatic hydroxyl groups is 1. The first-order chi connectivity index (χ1) is 18.0. The predicted octanol–water partition coefficient (Wildman–Crippen LogP) is 3.35. The summed E-state index contributed by atoms with van der Waals surface area (Å²) in [6, 6.07) is 19.1. The predicted molar refractivity (Wildman–Crippen MR) is 140 cm³/mol. The van der Waals surface area contributed by atoms with Gasteiger partial charge in [0.1, 0.15) is 18.0 Å². The highest BCUT2D eigenvalue weighted by Gasteiger charge is 2.36. The highest BCUT2D eigenvalue weighted by Crippen LogP contribution is 2.38. The summed E-state index contributed by atoms with van der Waals surface area (Å²) in [5.74, 6) is 0. The van der Waals surface area contributed by atoms with Crippen molar-refractivity contribution in [3.63, 3.8) is 0 Å². The van der Waals surface area contributed by atoms with Gasteiger partial charge in [-0.1, -0.05) is 59.8 Å². The topological polar surface area (TPSA) is 115 Å². The molecule has 184 valence electrons. The Hall–Kier alpha value is -4.34. The largest absolute Gasteiger partial charge is 0.390 e. The first kappa shape index (κ1) is 21.9. The molecule has 0 unspecified atom stereocenters. The average molecular weight is 494 g/mol. The standard InChI is InChI=1S/C28H23N5O4/c1-15-12-33(28(36)29-27(15)35)24-11-22(34)23(37-24)14-32-13-21(30-31-32)19-9-7-18-6-5-16-3-2-4-17-8-10-20(19)26(18)25(16)17/h2-10,12-13,22-24,34H,11,14H2,1H3,(H,29,35,36)/t22-,23-,24-/m1/s1. The van der Waals surface area contributed by atoms with Crippen LogP contribution in [0.25, 0.3) is 43.6 Å². The molecular weight excluding hydrogens is 470 g/mol. The molecule has 2 N–H and O–H groups in total. The molecule has 37 heavy (non-hydrogen) atoms. The summed E-state index contributed by atoms with van der Waals surface area (Å²) in [5.41, 5.74) is 1.12. The van der Waals surface area contributed by atoms with Gasteiger partial charge in [0.15, 0.2) is 0 Å². The van der Waals surface area contributed by atoms with Crippen LogP contribution in [0.2, 0.25) is 0 Å². The Kier molecular flexibility index (Phi) is 4.79. The van der Waals surface area contributed by atoms with Gasteiger partial charge >= 0.3 is 5.69 Å². The molecule has 9 nitrogen and oxygen atoms in total. The van der Waals surface area contributed by atoms with Gasteiger partial charge in [0.2, 0.25) is 0 Å². The van der Waals surface area contributed by atoms with E-state index in [4.69, 9.17) is 4.74 Å². The summed E-state index contributed by atoms with van der Waals surface area (Å²) in [5, 5.41) is 26.5. The molecule has 7 rings (SSSR count). The molecule has 1 aliphatic heterocycles. The molecule has 9 heteroatoms. The molecule has 0 amide bonds. The van der Waals surface area contributed by atoms with Gasteiger partial charge in [-0.3, -0.25) is 14.3 Å². The van der Waals surface area contributed by atoms with E-state index in [-0.39, 0.29) is 13.0 Å². The van der Waals surface area contributed by atoms with Crippen molar-refractivity contribution in [1.29, 1.82) is 0 Å². The fraction of sp³-hybridized carbons (Fsp3) is 0.214. The first-order valence-corrected chi connectivity index (χ1v) is 12.2. The van der Waals surface area contributed by atoms with E-state index in [9.17, 15) is 14.7 Å². The van der Waals surface area contributed by atoms with Crippen LogP contribution >= 0.6 is 0 Å². The first-order valence-electron chi connectivity index (χ1n) is 12.2. The second kappa shape index (κ2) is 8.09. The third-order valence-electron chi connectivity index (χ3n) is 7.37. The Morgan fingerprint density at radius 1 is 1.00 bits per heavy atom. The van der Waals surface area contributed by atoms with Crippen LogP contribution in [0.4, 0.5) is 0 Å². The lowest BCUT2D eigenvalue weighted by molar-refractivity contribution is -0.0302. The lowest BCUT2D eigenvalue weighted by atomic mass is 9.91. The van der Waals surface area contributed by atoms with Crippen molar-refractivity contribution >= 4 is 32.3 Å². The SMILES string of the molecule is Cc1cn([C@H]2C[C@@H](O)[C@@H](Cn3cc(-c4ccc5ccc6cccc7ccc4c5c67)nn3)O2)c(=O)[nH]c1=O. The van der Waals surface area contributed by atoms with Crippen molar-refractivity contribution in [3.05, 3.63) is 93.4 Å². The zero-order valence-corrected chi connectivity index (χ0v) is 20.0. The van der Waals surface area contributed by atoms with Crippen molar-refractivity contribution in [2.45, 2.75) is 38.3 Å². The van der Waals surface area contributed by atoms with Crippen LogP contribution in [-0.2, 0) is 11.3 Å². The van der Waals surface area contributed by atoms with E-state index in [1.54, 1.807) is 11.6 Å². The van der Waals surface area contributed by atoms with E-state index in [1.807, 2.05) is 6.20 Å². The monoisotopic (exact) mass is 493 g/mol. The van der Waals surface area contributed by atoms with Crippen molar-refractivity contribution in [2.24, 2.45) is 0 Å². The zero-order valence-electron chi connectivity index (χ0n) is 20.0. The van der Waals surface area contributed by atoms with E-state index < -0.39 is 29.7 Å². The molecule has 4 aromatic carbocycles. The maximum atomic E-state index is 12.3. The molecule has 0 aliphatic carbocycles. The Balaban J connectivity index is 1.20. The minimum absolute atomic E-state index is 0.229. The normalized spacial score (nSPS) is 20.0. The molecule has 1 aliphatic rings. The van der Waals surface area contributed by atoms with Crippen molar-refractivity contribution < 1.29 is 9.84 Å². The molecule has 0 radical (unpaired) electrons. The molecule has 1 saturated heterocycles. The maximum absolute atomic E-state index is 12.3. The van der Waals surface area contributed by atoms with Crippen LogP contribution in [0.1, 0.15) is 18.2 Å². The minimum atomic E-state index is -0.800. The quantitative estimate of drug-likeness (QED) is 0.364. The van der Waals surface area contributed by atoms with E-state index >= 15 is 0 Å². The number of aryl methyl sites for hydroxylation is 1. The van der Waals surface area contributed by atoms with Crippen LogP contribution in [0.5, 0.6) is 0 Å². The van der Waals surface area contributed by atoms with Crippen molar-refractivity contribution in [2.75, 3.05) is 0 Å². The van der Waals surface area contributed by atoms with Crippen molar-refractivity contribution in [1.82, 2.24) is 24.5 Å². The van der Waals surface area contributed by atoms with Gasteiger partial charge in [0.05, 0.1) is 18.8 Å². The number of rotatable bonds is 4. The van der Waals surface area contributed by atoms with Gasteiger partial charge < -0.3 is 9.84 Å². The molecular formula is C28H23N5O4. The maximum Gasteiger partial charge on any atom is 0.330 e. The van der Waals surface area contributed by atoms with Crippen LogP contribution in [0.15, 0.2) is 76.6 Å². The molecule has 0 bridgehead atoms. The molecule has 3 heterocycles. The van der Waals surface area contributed by atoms with Crippen LogP contribution in [-0.4, -0.2) is 41.9 Å². The number of hydrogen-bond acceptors (Lipinski definition) is 6. The summed E-state index contributed by atoms with van der Waals surface area (Å²) in [6.45, 7) is 1.89. The third kappa shape index (κ3) is 3.46. The molecule has 2 aromatic heterocycles. The van der Waals surface area contributed by atoms with E-state index in [2.05, 4.69) is 69.9 Å². The fourth-order valence-corrected chi connectivity index (χ4v) is 5.50. The number of aliphatic hydroxyl groups excluding tert-OH is 1. The summed E-state index contributed by atoms with van der Waals surface area (Å²) in [4.78, 5) is 26.2. The van der Waals surface area contributed by atoms with Gasteiger partial charge in [0.25, 0.3) is 5.56 Å². The fourth-order valence-electron chi connectivity index (χ4n) is 5.50. The summed E-state index contributed by atoms with van der Waals surface area (Å²) < 4.78 is 8.98. The van der Waals surface area contributed by atoms with Gasteiger partial charge in [-0.2, -0.15) is 0 Å². The lowest BCUT2D eigenvalue weighted by Crippen LogP contribution is -2.33. The highest BCUT2D eigenvalue weighted by molar-refractivity contribution is 6.25. The number of nitrogens with one attached hydrogen (secondary N) is 1. The van der Waals surface area contributed by atoms with E-state index in [0.29, 0.717) is 5.56 Å². The summed E-state index contributed by atoms with van der Waals surface area (Å²) in [7, 11) is 0. The Labute approximate surface area is 209 Å². The Bertz CT molecular complexity index is 1900. The van der Waals surface area contributed by atoms with Gasteiger partial charge in [-0.15, -0.1) is 5.10 Å². The average Bonchev–Trinajstić information content (AvgIpc) is 3.51. The van der Waals surface area contributed by atoms with Gasteiger partial charge in [-0.25, -0.2) is 9.48 Å².